The number of aliphatic hydroxyl groups excluding tert-OH is 2. The van der Waals surface area contributed by atoms with Gasteiger partial charge in [-0.25, -0.2) is 4.98 Å². The number of hydrogen-bond donors (Lipinski definition) is 2. The van der Waals surface area contributed by atoms with Crippen LogP contribution in [0.5, 0.6) is 0 Å². The van der Waals surface area contributed by atoms with Crippen molar-refractivity contribution >= 4 is 5.82 Å². The van der Waals surface area contributed by atoms with Crippen LogP contribution in [0.3, 0.4) is 0 Å². The maximum atomic E-state index is 8.89. The molecule has 0 atom stereocenters. The van der Waals surface area contributed by atoms with Gasteiger partial charge in [-0.1, -0.05) is 0 Å². The maximum absolute atomic E-state index is 8.89. The van der Waals surface area contributed by atoms with Crippen LogP contribution in [-0.2, 0) is 6.61 Å². The van der Waals surface area contributed by atoms with Gasteiger partial charge in [-0.2, -0.15) is 0 Å². The second-order valence-corrected chi connectivity index (χ2v) is 4.08. The van der Waals surface area contributed by atoms with Crippen molar-refractivity contribution in [3.8, 4) is 0 Å². The topological polar surface area (TPSA) is 72.7 Å². The van der Waals surface area contributed by atoms with Crippen molar-refractivity contribution < 1.29 is 10.2 Å². The second kappa shape index (κ2) is 5.90. The third-order valence-corrected chi connectivity index (χ3v) is 2.97. The average molecular weight is 238 g/mol. The quantitative estimate of drug-likeness (QED) is 0.707. The first-order valence-corrected chi connectivity index (χ1v) is 5.83. The van der Waals surface area contributed by atoms with Crippen molar-refractivity contribution in [1.29, 1.82) is 0 Å². The van der Waals surface area contributed by atoms with Crippen LogP contribution < -0.4 is 4.90 Å². The summed E-state index contributed by atoms with van der Waals surface area (Å²) in [6.45, 7) is 4.54. The summed E-state index contributed by atoms with van der Waals surface area (Å²) in [7, 11) is 0. The molecule has 1 saturated heterocycles. The summed E-state index contributed by atoms with van der Waals surface area (Å²) in [5.74, 6) is 0.853. The van der Waals surface area contributed by atoms with Crippen LogP contribution in [0.25, 0.3) is 0 Å². The van der Waals surface area contributed by atoms with Gasteiger partial charge in [0, 0.05) is 32.7 Å². The van der Waals surface area contributed by atoms with Crippen molar-refractivity contribution in [3.05, 3.63) is 18.1 Å². The van der Waals surface area contributed by atoms with Crippen molar-refractivity contribution in [2.75, 3.05) is 44.2 Å². The molecular formula is C11H18N4O2. The summed E-state index contributed by atoms with van der Waals surface area (Å²) in [5, 5.41) is 17.7. The number of anilines is 1. The van der Waals surface area contributed by atoms with Crippen LogP contribution in [-0.4, -0.2) is 64.4 Å². The predicted molar refractivity (Wildman–Crippen MR) is 63.7 cm³/mol. The molecule has 2 heterocycles. The van der Waals surface area contributed by atoms with Gasteiger partial charge in [0.25, 0.3) is 0 Å². The Hall–Kier alpha value is -1.24. The molecular weight excluding hydrogens is 220 g/mol. The first-order chi connectivity index (χ1) is 8.33. The molecule has 0 aliphatic carbocycles. The molecule has 2 rings (SSSR count). The molecule has 0 radical (unpaired) electrons. The minimum absolute atomic E-state index is 0.0719. The Morgan fingerprint density at radius 3 is 2.35 bits per heavy atom. The zero-order valence-electron chi connectivity index (χ0n) is 9.79. The fraction of sp³-hybridized carbons (Fsp3) is 0.636. The Morgan fingerprint density at radius 1 is 1.06 bits per heavy atom. The Morgan fingerprint density at radius 2 is 1.82 bits per heavy atom. The Kier molecular flexibility index (Phi) is 4.24. The monoisotopic (exact) mass is 238 g/mol. The smallest absolute Gasteiger partial charge is 0.147 e. The molecule has 94 valence electrons. The van der Waals surface area contributed by atoms with Gasteiger partial charge in [-0.3, -0.25) is 9.88 Å². The number of aromatic nitrogens is 2. The molecule has 6 nitrogen and oxygen atoms in total. The SMILES string of the molecule is OCCN1CCN(c2cnc(CO)cn2)CC1. The van der Waals surface area contributed by atoms with Crippen LogP contribution in [0, 0.1) is 0 Å². The number of rotatable bonds is 4. The lowest BCUT2D eigenvalue weighted by Crippen LogP contribution is -2.47. The van der Waals surface area contributed by atoms with Crippen LogP contribution >= 0.6 is 0 Å². The van der Waals surface area contributed by atoms with E-state index in [0.717, 1.165) is 38.5 Å². The lowest BCUT2D eigenvalue weighted by Gasteiger charge is -2.34. The Balaban J connectivity index is 1.91. The van der Waals surface area contributed by atoms with Gasteiger partial charge >= 0.3 is 0 Å². The fourth-order valence-electron chi connectivity index (χ4n) is 1.93. The number of β-amino-alcohol motifs (C(OH)–C–C–N with tert-alkyl or cyclic N) is 1. The van der Waals surface area contributed by atoms with E-state index in [2.05, 4.69) is 19.8 Å². The molecule has 0 bridgehead atoms. The summed E-state index contributed by atoms with van der Waals surface area (Å²) < 4.78 is 0. The molecule has 0 amide bonds. The molecule has 0 unspecified atom stereocenters. The van der Waals surface area contributed by atoms with Crippen LogP contribution in [0.1, 0.15) is 5.69 Å². The van der Waals surface area contributed by atoms with Gasteiger partial charge in [0.2, 0.25) is 0 Å². The molecule has 1 fully saturated rings. The number of aliphatic hydroxyl groups is 2. The summed E-state index contributed by atoms with van der Waals surface area (Å²) in [4.78, 5) is 12.8. The van der Waals surface area contributed by atoms with Gasteiger partial charge in [0.1, 0.15) is 5.82 Å². The molecule has 0 spiro atoms. The van der Waals surface area contributed by atoms with E-state index >= 15 is 0 Å². The van der Waals surface area contributed by atoms with Gasteiger partial charge in [-0.05, 0) is 0 Å². The minimum Gasteiger partial charge on any atom is -0.395 e. The largest absolute Gasteiger partial charge is 0.395 e. The molecule has 1 aromatic heterocycles. The highest BCUT2D eigenvalue weighted by Gasteiger charge is 2.17. The van der Waals surface area contributed by atoms with Crippen molar-refractivity contribution in [3.63, 3.8) is 0 Å². The molecule has 17 heavy (non-hydrogen) atoms. The van der Waals surface area contributed by atoms with Crippen molar-refractivity contribution in [2.24, 2.45) is 0 Å². The van der Waals surface area contributed by atoms with Crippen molar-refractivity contribution in [2.45, 2.75) is 6.61 Å². The summed E-state index contributed by atoms with van der Waals surface area (Å²) in [6.07, 6.45) is 3.31. The van der Waals surface area contributed by atoms with E-state index in [9.17, 15) is 0 Å². The first kappa shape index (κ1) is 12.2. The minimum atomic E-state index is -0.0719. The lowest BCUT2D eigenvalue weighted by atomic mass is 10.3. The second-order valence-electron chi connectivity index (χ2n) is 4.08. The summed E-state index contributed by atoms with van der Waals surface area (Å²) in [5.41, 5.74) is 0.590. The van der Waals surface area contributed by atoms with E-state index in [1.807, 2.05) is 0 Å². The first-order valence-electron chi connectivity index (χ1n) is 5.83. The molecule has 2 N–H and O–H groups in total. The van der Waals surface area contributed by atoms with E-state index in [-0.39, 0.29) is 13.2 Å². The molecule has 1 aliphatic rings. The maximum Gasteiger partial charge on any atom is 0.147 e. The molecule has 1 aliphatic heterocycles. The zero-order chi connectivity index (χ0) is 12.1. The third kappa shape index (κ3) is 3.12. The van der Waals surface area contributed by atoms with Gasteiger partial charge in [0.05, 0.1) is 31.3 Å². The van der Waals surface area contributed by atoms with Gasteiger partial charge in [-0.15, -0.1) is 0 Å². The lowest BCUT2D eigenvalue weighted by molar-refractivity contribution is 0.188. The average Bonchev–Trinajstić information content (AvgIpc) is 2.40. The summed E-state index contributed by atoms with van der Waals surface area (Å²) in [6, 6.07) is 0. The predicted octanol–water partition coefficient (Wildman–Crippen LogP) is -0.917. The molecule has 1 aromatic rings. The van der Waals surface area contributed by atoms with E-state index < -0.39 is 0 Å². The van der Waals surface area contributed by atoms with E-state index in [0.29, 0.717) is 5.69 Å². The van der Waals surface area contributed by atoms with Crippen molar-refractivity contribution in [1.82, 2.24) is 14.9 Å². The van der Waals surface area contributed by atoms with Gasteiger partial charge < -0.3 is 15.1 Å². The Bertz CT molecular complexity index is 336. The van der Waals surface area contributed by atoms with Gasteiger partial charge in [0.15, 0.2) is 0 Å². The van der Waals surface area contributed by atoms with Crippen LogP contribution in [0.4, 0.5) is 5.82 Å². The standard InChI is InChI=1S/C11H18N4O2/c16-6-5-14-1-3-15(4-2-14)11-8-12-10(9-17)7-13-11/h7-8,16-17H,1-6,9H2. The van der Waals surface area contributed by atoms with E-state index in [4.69, 9.17) is 10.2 Å². The summed E-state index contributed by atoms with van der Waals surface area (Å²) >= 11 is 0. The normalized spacial score (nSPS) is 17.4. The number of nitrogens with zero attached hydrogens (tertiary/aromatic N) is 4. The highest BCUT2D eigenvalue weighted by atomic mass is 16.3. The fourth-order valence-corrected chi connectivity index (χ4v) is 1.93. The molecule has 0 saturated carbocycles. The van der Waals surface area contributed by atoms with E-state index in [1.165, 1.54) is 0 Å². The van der Waals surface area contributed by atoms with Crippen LogP contribution in [0.15, 0.2) is 12.4 Å². The molecule has 0 aromatic carbocycles. The molecule has 6 heteroatoms. The third-order valence-electron chi connectivity index (χ3n) is 2.97. The Labute approximate surface area is 101 Å². The highest BCUT2D eigenvalue weighted by Crippen LogP contribution is 2.12. The highest BCUT2D eigenvalue weighted by molar-refractivity contribution is 5.36. The zero-order valence-corrected chi connectivity index (χ0v) is 9.79. The number of piperazine rings is 1. The van der Waals surface area contributed by atoms with Crippen LogP contribution in [0.2, 0.25) is 0 Å². The number of hydrogen-bond acceptors (Lipinski definition) is 6. The van der Waals surface area contributed by atoms with E-state index in [1.54, 1.807) is 12.4 Å².